The molecule has 0 radical (unpaired) electrons. The lowest BCUT2D eigenvalue weighted by Gasteiger charge is -2.08. The van der Waals surface area contributed by atoms with E-state index in [9.17, 15) is 0 Å². The predicted octanol–water partition coefficient (Wildman–Crippen LogP) is 6.78. The summed E-state index contributed by atoms with van der Waals surface area (Å²) in [5.41, 5.74) is 7.99. The zero-order chi connectivity index (χ0) is 17.7. The van der Waals surface area contributed by atoms with Crippen molar-refractivity contribution in [3.8, 4) is 5.69 Å². The van der Waals surface area contributed by atoms with Crippen LogP contribution in [0.1, 0.15) is 44.5 Å². The Balaban J connectivity index is 0.00000100. The molecule has 1 heterocycles. The Labute approximate surface area is 146 Å². The summed E-state index contributed by atoms with van der Waals surface area (Å²) in [5.74, 6) is 0. The van der Waals surface area contributed by atoms with Gasteiger partial charge in [-0.1, -0.05) is 55.3 Å². The van der Waals surface area contributed by atoms with Crippen molar-refractivity contribution in [2.75, 3.05) is 0 Å². The SMILES string of the molecule is CC.CC(C)=CCc1c(C)n(-c2ccccc2)c2ccc(C)cc12. The van der Waals surface area contributed by atoms with Gasteiger partial charge in [0.05, 0.1) is 5.52 Å². The number of aryl methyl sites for hydroxylation is 1. The van der Waals surface area contributed by atoms with E-state index in [1.165, 1.54) is 39.0 Å². The molecular formula is C23H29N. The van der Waals surface area contributed by atoms with Crippen LogP contribution in [0.4, 0.5) is 0 Å². The van der Waals surface area contributed by atoms with Gasteiger partial charge < -0.3 is 4.57 Å². The molecule has 0 atom stereocenters. The van der Waals surface area contributed by atoms with Gasteiger partial charge in [0, 0.05) is 16.8 Å². The highest BCUT2D eigenvalue weighted by molar-refractivity contribution is 5.88. The molecule has 1 aromatic heterocycles. The van der Waals surface area contributed by atoms with Crippen LogP contribution in [-0.2, 0) is 6.42 Å². The summed E-state index contributed by atoms with van der Waals surface area (Å²) in [6.07, 6.45) is 3.31. The standard InChI is InChI=1S/C21H23N.C2H6/c1-15(2)10-12-19-17(4)22(18-8-6-5-7-9-18)21-13-11-16(3)14-20(19)21;1-2/h5-11,13-14H,12H2,1-4H3;1-2H3. The average molecular weight is 319 g/mol. The second-order valence-corrected chi connectivity index (χ2v) is 6.24. The van der Waals surface area contributed by atoms with Crippen molar-refractivity contribution < 1.29 is 0 Å². The lowest BCUT2D eigenvalue weighted by atomic mass is 10.0. The molecule has 1 nitrogen and oxygen atoms in total. The maximum Gasteiger partial charge on any atom is 0.0534 e. The Bertz CT molecular complexity index is 831. The van der Waals surface area contributed by atoms with Crippen LogP contribution in [0.15, 0.2) is 60.2 Å². The minimum atomic E-state index is 0.994. The van der Waals surface area contributed by atoms with Crippen LogP contribution in [0.2, 0.25) is 0 Å². The molecular weight excluding hydrogens is 290 g/mol. The predicted molar refractivity (Wildman–Crippen MR) is 107 cm³/mol. The first-order valence-electron chi connectivity index (χ1n) is 8.87. The summed E-state index contributed by atoms with van der Waals surface area (Å²) in [7, 11) is 0. The molecule has 0 fully saturated rings. The van der Waals surface area contributed by atoms with E-state index < -0.39 is 0 Å². The number of hydrogen-bond acceptors (Lipinski definition) is 0. The highest BCUT2D eigenvalue weighted by Gasteiger charge is 2.14. The van der Waals surface area contributed by atoms with Crippen LogP contribution in [0, 0.1) is 13.8 Å². The van der Waals surface area contributed by atoms with Crippen LogP contribution in [0.3, 0.4) is 0 Å². The number of hydrogen-bond donors (Lipinski definition) is 0. The van der Waals surface area contributed by atoms with Crippen LogP contribution in [0.5, 0.6) is 0 Å². The fraction of sp³-hybridized carbons (Fsp3) is 0.304. The number of aromatic nitrogens is 1. The van der Waals surface area contributed by atoms with Crippen molar-refractivity contribution in [2.45, 2.75) is 48.0 Å². The Kier molecular flexibility index (Phi) is 6.03. The van der Waals surface area contributed by atoms with Gasteiger partial charge in [0.25, 0.3) is 0 Å². The van der Waals surface area contributed by atoms with E-state index >= 15 is 0 Å². The fourth-order valence-corrected chi connectivity index (χ4v) is 3.07. The van der Waals surface area contributed by atoms with E-state index in [2.05, 4.69) is 86.9 Å². The molecule has 1 heteroatoms. The van der Waals surface area contributed by atoms with Gasteiger partial charge in [0.1, 0.15) is 0 Å². The Morgan fingerprint density at radius 2 is 1.62 bits per heavy atom. The highest BCUT2D eigenvalue weighted by atomic mass is 15.0. The number of fused-ring (bicyclic) bond motifs is 1. The number of allylic oxidation sites excluding steroid dienone is 2. The summed E-state index contributed by atoms with van der Waals surface area (Å²) < 4.78 is 2.38. The lowest BCUT2D eigenvalue weighted by molar-refractivity contribution is 1.02. The van der Waals surface area contributed by atoms with Crippen molar-refractivity contribution >= 4 is 10.9 Å². The molecule has 0 bridgehead atoms. The maximum atomic E-state index is 2.38. The minimum Gasteiger partial charge on any atom is -0.314 e. The summed E-state index contributed by atoms with van der Waals surface area (Å²) in [4.78, 5) is 0. The number of nitrogens with zero attached hydrogens (tertiary/aromatic N) is 1. The van der Waals surface area contributed by atoms with Crippen LogP contribution in [0.25, 0.3) is 16.6 Å². The van der Waals surface area contributed by atoms with E-state index in [0.29, 0.717) is 0 Å². The van der Waals surface area contributed by atoms with Crippen molar-refractivity contribution in [1.29, 1.82) is 0 Å². The zero-order valence-electron chi connectivity index (χ0n) is 15.9. The molecule has 0 spiro atoms. The minimum absolute atomic E-state index is 0.994. The molecule has 2 aromatic carbocycles. The summed E-state index contributed by atoms with van der Waals surface area (Å²) in [6.45, 7) is 12.7. The first-order chi connectivity index (χ1) is 11.6. The molecule has 0 amide bonds. The molecule has 0 aliphatic carbocycles. The molecule has 0 saturated carbocycles. The molecule has 3 aromatic rings. The van der Waals surface area contributed by atoms with Crippen LogP contribution in [-0.4, -0.2) is 4.57 Å². The van der Waals surface area contributed by atoms with Gasteiger partial charge in [-0.05, 0) is 63.9 Å². The maximum absolute atomic E-state index is 2.38. The van der Waals surface area contributed by atoms with Crippen molar-refractivity contribution in [2.24, 2.45) is 0 Å². The van der Waals surface area contributed by atoms with Crippen LogP contribution >= 0.6 is 0 Å². The molecule has 0 unspecified atom stereocenters. The van der Waals surface area contributed by atoms with Gasteiger partial charge in [-0.2, -0.15) is 0 Å². The summed E-state index contributed by atoms with van der Waals surface area (Å²) in [5, 5.41) is 1.37. The second-order valence-electron chi connectivity index (χ2n) is 6.24. The zero-order valence-corrected chi connectivity index (χ0v) is 15.9. The summed E-state index contributed by atoms with van der Waals surface area (Å²) >= 11 is 0. The third-order valence-corrected chi connectivity index (χ3v) is 4.22. The van der Waals surface area contributed by atoms with E-state index in [-0.39, 0.29) is 0 Å². The van der Waals surface area contributed by atoms with Gasteiger partial charge in [-0.15, -0.1) is 0 Å². The monoisotopic (exact) mass is 319 g/mol. The quantitative estimate of drug-likeness (QED) is 0.469. The molecule has 126 valence electrons. The number of para-hydroxylation sites is 1. The first kappa shape index (κ1) is 18.1. The molecule has 0 aliphatic rings. The first-order valence-corrected chi connectivity index (χ1v) is 8.87. The smallest absolute Gasteiger partial charge is 0.0534 e. The van der Waals surface area contributed by atoms with Gasteiger partial charge in [-0.3, -0.25) is 0 Å². The topological polar surface area (TPSA) is 4.93 Å². The molecule has 3 rings (SSSR count). The van der Waals surface area contributed by atoms with Gasteiger partial charge in [-0.25, -0.2) is 0 Å². The Morgan fingerprint density at radius 1 is 0.958 bits per heavy atom. The van der Waals surface area contributed by atoms with E-state index in [0.717, 1.165) is 6.42 Å². The fourth-order valence-electron chi connectivity index (χ4n) is 3.07. The van der Waals surface area contributed by atoms with Crippen LogP contribution < -0.4 is 0 Å². The number of benzene rings is 2. The lowest BCUT2D eigenvalue weighted by Crippen LogP contribution is -1.97. The van der Waals surface area contributed by atoms with Crippen molar-refractivity contribution in [1.82, 2.24) is 4.57 Å². The molecule has 0 N–H and O–H groups in total. The van der Waals surface area contributed by atoms with E-state index in [1.54, 1.807) is 0 Å². The Morgan fingerprint density at radius 3 is 2.25 bits per heavy atom. The van der Waals surface area contributed by atoms with E-state index in [4.69, 9.17) is 0 Å². The number of rotatable bonds is 3. The second kappa shape index (κ2) is 8.01. The van der Waals surface area contributed by atoms with Gasteiger partial charge >= 0.3 is 0 Å². The van der Waals surface area contributed by atoms with E-state index in [1.807, 2.05) is 13.8 Å². The molecule has 24 heavy (non-hydrogen) atoms. The van der Waals surface area contributed by atoms with Gasteiger partial charge in [0.2, 0.25) is 0 Å². The van der Waals surface area contributed by atoms with Gasteiger partial charge in [0.15, 0.2) is 0 Å². The molecule has 0 saturated heterocycles. The third kappa shape index (κ3) is 3.62. The third-order valence-electron chi connectivity index (χ3n) is 4.22. The summed E-state index contributed by atoms with van der Waals surface area (Å²) in [6, 6.07) is 17.4. The molecule has 0 aliphatic heterocycles. The normalized spacial score (nSPS) is 10.2. The highest BCUT2D eigenvalue weighted by Crippen LogP contribution is 2.30. The Hall–Kier alpha value is -2.28. The largest absolute Gasteiger partial charge is 0.314 e. The van der Waals surface area contributed by atoms with Crippen molar-refractivity contribution in [3.05, 3.63) is 77.0 Å². The average Bonchev–Trinajstić information content (AvgIpc) is 2.86. The van der Waals surface area contributed by atoms with Crippen molar-refractivity contribution in [3.63, 3.8) is 0 Å².